The molecule has 1 atom stereocenters. The van der Waals surface area contributed by atoms with E-state index in [9.17, 15) is 13.6 Å². The molecule has 0 aliphatic carbocycles. The highest BCUT2D eigenvalue weighted by atomic mass is 19.1. The van der Waals surface area contributed by atoms with Crippen LogP contribution < -0.4 is 0 Å². The maximum absolute atomic E-state index is 14.0. The molecule has 4 nitrogen and oxygen atoms in total. The van der Waals surface area contributed by atoms with Crippen LogP contribution in [0.1, 0.15) is 26.3 Å². The van der Waals surface area contributed by atoms with Crippen molar-refractivity contribution in [1.29, 1.82) is 0 Å². The molecule has 2 heterocycles. The molecule has 2 aromatic rings. The van der Waals surface area contributed by atoms with E-state index in [0.29, 0.717) is 29.4 Å². The quantitative estimate of drug-likeness (QED) is 0.802. The molecular weight excluding hydrogens is 302 g/mol. The minimum atomic E-state index is -0.586. The number of aromatic nitrogens is 1. The topological polar surface area (TPSA) is 34.5 Å². The second-order valence-electron chi connectivity index (χ2n) is 7.04. The van der Waals surface area contributed by atoms with Gasteiger partial charge in [-0.15, -0.1) is 0 Å². The molecule has 0 spiro atoms. The van der Waals surface area contributed by atoms with Gasteiger partial charge in [0.1, 0.15) is 17.2 Å². The van der Waals surface area contributed by atoms with Crippen LogP contribution in [-0.2, 0) is 17.7 Å². The smallest absolute Gasteiger partial charge is 0.410 e. The van der Waals surface area contributed by atoms with Gasteiger partial charge in [0.15, 0.2) is 0 Å². The minimum absolute atomic E-state index is 0.214. The Morgan fingerprint density at radius 2 is 2.04 bits per heavy atom. The number of carbonyl (C=O) groups excluding carboxylic acids is 1. The van der Waals surface area contributed by atoms with E-state index < -0.39 is 23.3 Å². The van der Waals surface area contributed by atoms with Gasteiger partial charge in [-0.05, 0) is 44.9 Å². The van der Waals surface area contributed by atoms with E-state index in [2.05, 4.69) is 0 Å². The summed E-state index contributed by atoms with van der Waals surface area (Å²) in [6.07, 6.45) is 1.39. The molecular formula is C17H20F2N2O2. The lowest BCUT2D eigenvalue weighted by molar-refractivity contribution is 0.0204. The normalized spacial score (nSPS) is 17.4. The van der Waals surface area contributed by atoms with Gasteiger partial charge in [0, 0.05) is 25.2 Å². The fraction of sp³-hybridized carbons (Fsp3) is 0.471. The second kappa shape index (κ2) is 5.22. The lowest BCUT2D eigenvalue weighted by atomic mass is 9.99. The van der Waals surface area contributed by atoms with Crippen LogP contribution in [0.3, 0.4) is 0 Å². The van der Waals surface area contributed by atoms with Crippen molar-refractivity contribution in [3.05, 3.63) is 35.5 Å². The summed E-state index contributed by atoms with van der Waals surface area (Å²) in [6.45, 7) is 5.86. The van der Waals surface area contributed by atoms with E-state index >= 15 is 0 Å². The average Bonchev–Trinajstić information content (AvgIpc) is 2.73. The molecule has 0 bridgehead atoms. The van der Waals surface area contributed by atoms with Gasteiger partial charge < -0.3 is 14.2 Å². The lowest BCUT2D eigenvalue weighted by Gasteiger charge is -2.33. The maximum atomic E-state index is 14.0. The number of halogens is 2. The Morgan fingerprint density at radius 3 is 2.70 bits per heavy atom. The van der Waals surface area contributed by atoms with E-state index in [0.717, 1.165) is 0 Å². The molecule has 0 saturated heterocycles. The van der Waals surface area contributed by atoms with Crippen molar-refractivity contribution >= 4 is 17.0 Å². The zero-order chi connectivity index (χ0) is 16.9. The van der Waals surface area contributed by atoms with Crippen LogP contribution in [0.2, 0.25) is 0 Å². The SMILES string of the molecule is CN(C(=O)OC(C)(C)C)C1Cc2cc(F)cc3c(F)cn(c23)C1. The van der Waals surface area contributed by atoms with Gasteiger partial charge >= 0.3 is 6.09 Å². The molecule has 6 heteroatoms. The number of benzene rings is 1. The summed E-state index contributed by atoms with van der Waals surface area (Å²) in [4.78, 5) is 13.7. The zero-order valence-corrected chi connectivity index (χ0v) is 13.7. The van der Waals surface area contributed by atoms with E-state index in [1.54, 1.807) is 32.4 Å². The summed E-state index contributed by atoms with van der Waals surface area (Å²) in [5.74, 6) is -0.911. The van der Waals surface area contributed by atoms with Crippen LogP contribution in [0.5, 0.6) is 0 Å². The fourth-order valence-corrected chi connectivity index (χ4v) is 3.04. The van der Waals surface area contributed by atoms with Gasteiger partial charge in [-0.3, -0.25) is 0 Å². The Labute approximate surface area is 133 Å². The maximum Gasteiger partial charge on any atom is 0.410 e. The first kappa shape index (κ1) is 15.8. The van der Waals surface area contributed by atoms with Gasteiger partial charge in [-0.2, -0.15) is 0 Å². The van der Waals surface area contributed by atoms with Crippen molar-refractivity contribution in [2.75, 3.05) is 7.05 Å². The predicted octanol–water partition coefficient (Wildman–Crippen LogP) is 3.71. The first-order valence-corrected chi connectivity index (χ1v) is 7.58. The van der Waals surface area contributed by atoms with Crippen LogP contribution in [0.25, 0.3) is 10.9 Å². The lowest BCUT2D eigenvalue weighted by Crippen LogP contribution is -2.45. The number of hydrogen-bond donors (Lipinski definition) is 0. The van der Waals surface area contributed by atoms with Crippen molar-refractivity contribution in [2.24, 2.45) is 0 Å². The highest BCUT2D eigenvalue weighted by Gasteiger charge is 2.30. The number of ether oxygens (including phenoxy) is 1. The minimum Gasteiger partial charge on any atom is -0.444 e. The summed E-state index contributed by atoms with van der Waals surface area (Å²) >= 11 is 0. The Hall–Kier alpha value is -2.11. The van der Waals surface area contributed by atoms with E-state index in [1.165, 1.54) is 23.2 Å². The number of amides is 1. The van der Waals surface area contributed by atoms with Gasteiger partial charge in [0.2, 0.25) is 0 Å². The third-order valence-corrected chi connectivity index (χ3v) is 4.06. The van der Waals surface area contributed by atoms with Crippen LogP contribution in [0.15, 0.2) is 18.3 Å². The molecule has 1 aliphatic rings. The summed E-state index contributed by atoms with van der Waals surface area (Å²) in [6, 6.07) is 2.41. The summed E-state index contributed by atoms with van der Waals surface area (Å²) in [5.41, 5.74) is 0.824. The molecule has 3 rings (SSSR count). The van der Waals surface area contributed by atoms with Crippen molar-refractivity contribution in [3.8, 4) is 0 Å². The second-order valence-corrected chi connectivity index (χ2v) is 7.04. The van der Waals surface area contributed by atoms with Crippen LogP contribution >= 0.6 is 0 Å². The van der Waals surface area contributed by atoms with Gasteiger partial charge in [0.05, 0.1) is 11.6 Å². The van der Waals surface area contributed by atoms with Crippen molar-refractivity contribution < 1.29 is 18.3 Å². The first-order valence-electron chi connectivity index (χ1n) is 7.58. The zero-order valence-electron chi connectivity index (χ0n) is 13.7. The highest BCUT2D eigenvalue weighted by molar-refractivity contribution is 5.85. The van der Waals surface area contributed by atoms with Crippen molar-refractivity contribution in [1.82, 2.24) is 9.47 Å². The van der Waals surface area contributed by atoms with Gasteiger partial charge in [-0.1, -0.05) is 0 Å². The molecule has 124 valence electrons. The largest absolute Gasteiger partial charge is 0.444 e. The standard InChI is InChI=1S/C17H20F2N2O2/c1-17(2,3)23-16(22)20(4)12-6-10-5-11(18)7-13-14(19)9-21(8-12)15(10)13/h5,7,9,12H,6,8H2,1-4H3. The van der Waals surface area contributed by atoms with Crippen molar-refractivity contribution in [3.63, 3.8) is 0 Å². The average molecular weight is 322 g/mol. The van der Waals surface area contributed by atoms with E-state index in [1.807, 2.05) is 0 Å². The molecule has 0 radical (unpaired) electrons. The summed E-state index contributed by atoms with van der Waals surface area (Å²) in [5, 5.41) is 0.290. The molecule has 1 aromatic carbocycles. The first-order chi connectivity index (χ1) is 10.7. The molecule has 1 unspecified atom stereocenters. The number of likely N-dealkylation sites (N-methyl/N-ethyl adjacent to an activating group) is 1. The van der Waals surface area contributed by atoms with Gasteiger partial charge in [0.25, 0.3) is 0 Å². The molecule has 1 aromatic heterocycles. The molecule has 23 heavy (non-hydrogen) atoms. The summed E-state index contributed by atoms with van der Waals surface area (Å²) in [7, 11) is 1.65. The Morgan fingerprint density at radius 1 is 1.35 bits per heavy atom. The number of carbonyl (C=O) groups is 1. The van der Waals surface area contributed by atoms with Crippen LogP contribution in [0.4, 0.5) is 13.6 Å². The third kappa shape index (κ3) is 2.90. The molecule has 0 fully saturated rings. The fourth-order valence-electron chi connectivity index (χ4n) is 3.04. The third-order valence-electron chi connectivity index (χ3n) is 4.06. The van der Waals surface area contributed by atoms with Gasteiger partial charge in [-0.25, -0.2) is 13.6 Å². The number of hydrogen-bond acceptors (Lipinski definition) is 2. The Balaban J connectivity index is 1.90. The molecule has 1 amide bonds. The summed E-state index contributed by atoms with van der Waals surface area (Å²) < 4.78 is 34.8. The number of nitrogens with zero attached hydrogens (tertiary/aromatic N) is 2. The molecule has 0 saturated carbocycles. The monoisotopic (exact) mass is 322 g/mol. The number of rotatable bonds is 1. The van der Waals surface area contributed by atoms with Crippen LogP contribution in [0, 0.1) is 11.6 Å². The van der Waals surface area contributed by atoms with E-state index in [4.69, 9.17) is 4.74 Å². The highest BCUT2D eigenvalue weighted by Crippen LogP contribution is 2.31. The Bertz CT molecular complexity index is 777. The Kier molecular flexibility index (Phi) is 3.58. The van der Waals surface area contributed by atoms with E-state index in [-0.39, 0.29) is 6.04 Å². The molecule has 1 aliphatic heterocycles. The predicted molar refractivity (Wildman–Crippen MR) is 83.3 cm³/mol. The molecule has 0 N–H and O–H groups in total. The van der Waals surface area contributed by atoms with Crippen LogP contribution in [-0.4, -0.2) is 34.3 Å². The van der Waals surface area contributed by atoms with Crippen molar-refractivity contribution in [2.45, 2.75) is 45.4 Å².